The molecule has 0 aliphatic heterocycles. The Morgan fingerprint density at radius 2 is 1.90 bits per heavy atom. The molecular weight excluding hydrogens is 473 g/mol. The first-order valence-corrected chi connectivity index (χ1v) is 11.8. The van der Waals surface area contributed by atoms with Gasteiger partial charge in [0.2, 0.25) is 0 Å². The van der Waals surface area contributed by atoms with Crippen molar-refractivity contribution in [2.75, 3.05) is 6.26 Å². The average molecular weight is 485 g/mol. The zero-order valence-corrected chi connectivity index (χ0v) is 18.0. The van der Waals surface area contributed by atoms with Crippen LogP contribution in [0.1, 0.15) is 5.69 Å². The molecule has 12 heteroatoms. The lowest BCUT2D eigenvalue weighted by Gasteiger charge is -2.11. The van der Waals surface area contributed by atoms with Gasteiger partial charge in [-0.15, -0.1) is 11.3 Å². The Kier molecular flexibility index (Phi) is 5.36. The lowest BCUT2D eigenvalue weighted by atomic mass is 10.1. The third-order valence-electron chi connectivity index (χ3n) is 4.32. The van der Waals surface area contributed by atoms with E-state index in [1.165, 1.54) is 35.7 Å². The van der Waals surface area contributed by atoms with Crippen LogP contribution in [0, 0.1) is 0 Å². The Bertz CT molecular complexity index is 1370. The maximum atomic E-state index is 13.4. The predicted octanol–water partition coefficient (Wildman–Crippen LogP) is 5.13. The molecule has 6 nitrogen and oxygen atoms in total. The van der Waals surface area contributed by atoms with Crippen molar-refractivity contribution in [3.8, 4) is 28.3 Å². The van der Waals surface area contributed by atoms with Crippen LogP contribution in [0.25, 0.3) is 28.3 Å². The molecule has 0 saturated carbocycles. The lowest BCUT2D eigenvalue weighted by Crippen LogP contribution is -2.11. The van der Waals surface area contributed by atoms with Crippen LogP contribution in [0.4, 0.5) is 13.2 Å². The van der Waals surface area contributed by atoms with Gasteiger partial charge in [0.25, 0.3) is 0 Å². The summed E-state index contributed by atoms with van der Waals surface area (Å²) >= 11 is 7.75. The highest BCUT2D eigenvalue weighted by atomic mass is 35.5. The summed E-state index contributed by atoms with van der Waals surface area (Å²) < 4.78 is 65.5. The van der Waals surface area contributed by atoms with Crippen LogP contribution in [0.2, 0.25) is 5.02 Å². The second-order valence-corrected chi connectivity index (χ2v) is 9.60. The fourth-order valence-corrected chi connectivity index (χ4v) is 4.57. The van der Waals surface area contributed by atoms with Crippen molar-refractivity contribution >= 4 is 32.8 Å². The van der Waals surface area contributed by atoms with Crippen molar-refractivity contribution in [3.63, 3.8) is 0 Å². The molecule has 160 valence electrons. The van der Waals surface area contributed by atoms with Gasteiger partial charge in [0.05, 0.1) is 21.9 Å². The van der Waals surface area contributed by atoms with Crippen LogP contribution in [0.5, 0.6) is 0 Å². The molecule has 4 rings (SSSR count). The summed E-state index contributed by atoms with van der Waals surface area (Å²) in [5.41, 5.74) is 1.99. The molecule has 0 N–H and O–H groups in total. The average Bonchev–Trinajstić information content (AvgIpc) is 3.37. The van der Waals surface area contributed by atoms with Gasteiger partial charge in [-0.3, -0.25) is 0 Å². The number of sulfone groups is 1. The molecule has 4 aromatic rings. The second kappa shape index (κ2) is 7.74. The van der Waals surface area contributed by atoms with Gasteiger partial charge in [0, 0.05) is 29.0 Å². The minimum Gasteiger partial charge on any atom is -0.245 e. The Morgan fingerprint density at radius 3 is 2.52 bits per heavy atom. The minimum absolute atomic E-state index is 0.0114. The van der Waals surface area contributed by atoms with Crippen molar-refractivity contribution in [3.05, 3.63) is 64.2 Å². The smallest absolute Gasteiger partial charge is 0.245 e. The first kappa shape index (κ1) is 21.5. The van der Waals surface area contributed by atoms with E-state index in [-0.39, 0.29) is 21.4 Å². The maximum absolute atomic E-state index is 13.4. The maximum Gasteiger partial charge on any atom is 0.435 e. The second-order valence-electron chi connectivity index (χ2n) is 6.49. The summed E-state index contributed by atoms with van der Waals surface area (Å²) in [5.74, 6) is -0.241. The van der Waals surface area contributed by atoms with Crippen molar-refractivity contribution in [2.24, 2.45) is 0 Å². The van der Waals surface area contributed by atoms with Gasteiger partial charge in [-0.1, -0.05) is 23.7 Å². The van der Waals surface area contributed by atoms with E-state index in [1.54, 1.807) is 23.0 Å². The topological polar surface area (TPSA) is 77.7 Å². The number of rotatable bonds is 4. The molecule has 3 aromatic heterocycles. The van der Waals surface area contributed by atoms with E-state index in [9.17, 15) is 21.6 Å². The molecule has 0 bridgehead atoms. The number of nitrogens with zero attached hydrogens (tertiary/aromatic N) is 4. The van der Waals surface area contributed by atoms with E-state index >= 15 is 0 Å². The van der Waals surface area contributed by atoms with Gasteiger partial charge in [-0.05, 0) is 24.3 Å². The van der Waals surface area contributed by atoms with Crippen LogP contribution in [-0.2, 0) is 16.0 Å². The van der Waals surface area contributed by atoms with Crippen molar-refractivity contribution in [1.29, 1.82) is 0 Å². The molecule has 0 spiro atoms. The van der Waals surface area contributed by atoms with E-state index in [1.807, 2.05) is 0 Å². The molecule has 0 amide bonds. The van der Waals surface area contributed by atoms with Gasteiger partial charge in [0.15, 0.2) is 21.3 Å². The molecule has 3 heterocycles. The highest BCUT2D eigenvalue weighted by Gasteiger charge is 2.36. The minimum atomic E-state index is -4.75. The SMILES string of the molecule is CS(=O)(=O)c1cccnc1-n1nc(C(F)(F)F)cc1-c1ccc(-c2cscn2)c(Cl)c1. The number of halogens is 4. The van der Waals surface area contributed by atoms with Gasteiger partial charge in [-0.2, -0.15) is 18.3 Å². The summed E-state index contributed by atoms with van der Waals surface area (Å²) in [6.45, 7) is 0. The lowest BCUT2D eigenvalue weighted by molar-refractivity contribution is -0.141. The quantitative estimate of drug-likeness (QED) is 0.401. The van der Waals surface area contributed by atoms with Crippen molar-refractivity contribution in [2.45, 2.75) is 11.1 Å². The summed E-state index contributed by atoms with van der Waals surface area (Å²) in [5, 5.41) is 5.68. The van der Waals surface area contributed by atoms with Gasteiger partial charge >= 0.3 is 6.18 Å². The molecule has 0 atom stereocenters. The summed E-state index contributed by atoms with van der Waals surface area (Å²) in [7, 11) is -3.79. The number of hydrogen-bond acceptors (Lipinski definition) is 6. The van der Waals surface area contributed by atoms with E-state index in [2.05, 4.69) is 15.1 Å². The van der Waals surface area contributed by atoms with Crippen LogP contribution >= 0.6 is 22.9 Å². The van der Waals surface area contributed by atoms with Crippen LogP contribution in [-0.4, -0.2) is 34.4 Å². The third-order valence-corrected chi connectivity index (χ3v) is 6.34. The number of aromatic nitrogens is 4. The Labute approximate surface area is 183 Å². The molecular formula is C19H12ClF3N4O2S2. The highest BCUT2D eigenvalue weighted by Crippen LogP contribution is 2.36. The van der Waals surface area contributed by atoms with E-state index in [4.69, 9.17) is 11.6 Å². The Morgan fingerprint density at radius 1 is 1.13 bits per heavy atom. The molecule has 0 unspecified atom stereocenters. The number of hydrogen-bond donors (Lipinski definition) is 0. The van der Waals surface area contributed by atoms with Crippen molar-refractivity contribution in [1.82, 2.24) is 19.7 Å². The van der Waals surface area contributed by atoms with E-state index < -0.39 is 21.7 Å². The van der Waals surface area contributed by atoms with Gasteiger partial charge < -0.3 is 0 Å². The Balaban J connectivity index is 1.94. The molecule has 0 radical (unpaired) electrons. The van der Waals surface area contributed by atoms with E-state index in [0.717, 1.165) is 17.0 Å². The molecule has 1 aromatic carbocycles. The van der Waals surface area contributed by atoms with E-state index in [0.29, 0.717) is 16.8 Å². The standard InChI is InChI=1S/C19H12ClF3N4O2S2/c1-31(28,29)16-3-2-6-24-18(16)27-15(8-17(26-27)19(21,22)23)11-4-5-12(13(20)7-11)14-9-30-10-25-14/h2-10H,1H3. The zero-order chi connectivity index (χ0) is 22.4. The summed E-state index contributed by atoms with van der Waals surface area (Å²) in [6, 6.07) is 8.15. The van der Waals surface area contributed by atoms with Gasteiger partial charge in [0.1, 0.15) is 4.90 Å². The largest absolute Gasteiger partial charge is 0.435 e. The first-order chi connectivity index (χ1) is 14.6. The molecule has 31 heavy (non-hydrogen) atoms. The summed E-state index contributed by atoms with van der Waals surface area (Å²) in [6.07, 6.45) is -2.52. The Hall–Kier alpha value is -2.76. The van der Waals surface area contributed by atoms with Gasteiger partial charge in [-0.25, -0.2) is 23.1 Å². The van der Waals surface area contributed by atoms with Crippen LogP contribution < -0.4 is 0 Å². The van der Waals surface area contributed by atoms with Crippen LogP contribution in [0.15, 0.2) is 58.4 Å². The monoisotopic (exact) mass is 484 g/mol. The van der Waals surface area contributed by atoms with Crippen LogP contribution in [0.3, 0.4) is 0 Å². The highest BCUT2D eigenvalue weighted by molar-refractivity contribution is 7.90. The number of alkyl halides is 3. The number of benzene rings is 1. The predicted molar refractivity (Wildman–Crippen MR) is 111 cm³/mol. The first-order valence-electron chi connectivity index (χ1n) is 8.57. The molecule has 0 aliphatic rings. The fraction of sp³-hybridized carbons (Fsp3) is 0.105. The normalized spacial score (nSPS) is 12.3. The zero-order valence-electron chi connectivity index (χ0n) is 15.6. The molecule has 0 saturated heterocycles. The van der Waals surface area contributed by atoms with Crippen molar-refractivity contribution < 1.29 is 21.6 Å². The third kappa shape index (κ3) is 4.21. The number of pyridine rings is 1. The molecule has 0 aliphatic carbocycles. The summed E-state index contributed by atoms with van der Waals surface area (Å²) in [4.78, 5) is 7.92. The molecule has 0 fully saturated rings. The number of thiazole rings is 1. The fourth-order valence-electron chi connectivity index (χ4n) is 2.95.